The lowest BCUT2D eigenvalue weighted by Crippen LogP contribution is -1.93. The van der Waals surface area contributed by atoms with Gasteiger partial charge in [0.05, 0.1) is 16.7 Å². The van der Waals surface area contributed by atoms with Crippen LogP contribution in [0.3, 0.4) is 0 Å². The highest BCUT2D eigenvalue weighted by Gasteiger charge is 2.15. The van der Waals surface area contributed by atoms with Crippen LogP contribution in [0.15, 0.2) is 0 Å². The molecule has 1 N–H and O–H groups in total. The average molecular weight is 218 g/mol. The molecule has 0 aliphatic carbocycles. The fourth-order valence-corrected chi connectivity index (χ4v) is 2.43. The molecule has 13 heavy (non-hydrogen) atoms. The van der Waals surface area contributed by atoms with Crippen LogP contribution in [0.5, 0.6) is 0 Å². The lowest BCUT2D eigenvalue weighted by molar-refractivity contribution is 0.202. The topological polar surface area (TPSA) is 50.4 Å². The molecule has 0 aliphatic rings. The van der Waals surface area contributed by atoms with E-state index in [9.17, 15) is 5.11 Å². The van der Waals surface area contributed by atoms with Crippen LogP contribution in [-0.2, 0) is 0 Å². The minimum Gasteiger partial charge on any atom is -0.388 e. The summed E-state index contributed by atoms with van der Waals surface area (Å²) in [7, 11) is 0. The highest BCUT2D eigenvalue weighted by Crippen LogP contribution is 2.27. The number of rotatable bonds is 1. The molecule has 6 heteroatoms. The molecule has 70 valence electrons. The molecular formula is C7H8ClN3OS. The molecule has 2 heterocycles. The predicted molar refractivity (Wildman–Crippen MR) is 51.2 cm³/mol. The Morgan fingerprint density at radius 1 is 1.62 bits per heavy atom. The van der Waals surface area contributed by atoms with Gasteiger partial charge in [0.1, 0.15) is 0 Å². The third kappa shape index (κ3) is 1.33. The summed E-state index contributed by atoms with van der Waals surface area (Å²) >= 11 is 7.04. The van der Waals surface area contributed by atoms with Gasteiger partial charge in [-0.3, -0.25) is 0 Å². The fraction of sp³-hybridized carbons (Fsp3) is 0.429. The Kier molecular flexibility index (Phi) is 2.02. The Morgan fingerprint density at radius 3 is 2.85 bits per heavy atom. The van der Waals surface area contributed by atoms with Crippen LogP contribution in [0.4, 0.5) is 0 Å². The first-order valence-electron chi connectivity index (χ1n) is 3.79. The smallest absolute Gasteiger partial charge is 0.244 e. The van der Waals surface area contributed by atoms with Gasteiger partial charge in [0.15, 0.2) is 0 Å². The quantitative estimate of drug-likeness (QED) is 0.793. The van der Waals surface area contributed by atoms with E-state index in [1.54, 1.807) is 11.4 Å². The summed E-state index contributed by atoms with van der Waals surface area (Å²) in [6, 6.07) is 0. The predicted octanol–water partition coefficient (Wildman–Crippen LogP) is 1.81. The van der Waals surface area contributed by atoms with Crippen LogP contribution in [0.25, 0.3) is 4.96 Å². The second-order valence-corrected chi connectivity index (χ2v) is 4.15. The summed E-state index contributed by atoms with van der Waals surface area (Å²) in [5.41, 5.74) is 0.898. The SMILES string of the molecule is Cc1c(C(C)O)sc2nc(Cl)nn12. The van der Waals surface area contributed by atoms with Crippen molar-refractivity contribution in [2.45, 2.75) is 20.0 Å². The summed E-state index contributed by atoms with van der Waals surface area (Å²) in [5.74, 6) is 0. The van der Waals surface area contributed by atoms with Crippen LogP contribution in [0.1, 0.15) is 23.6 Å². The van der Waals surface area contributed by atoms with E-state index in [2.05, 4.69) is 10.1 Å². The Hall–Kier alpha value is -0.650. The number of fused-ring (bicyclic) bond motifs is 1. The van der Waals surface area contributed by atoms with Crippen molar-refractivity contribution in [3.63, 3.8) is 0 Å². The highest BCUT2D eigenvalue weighted by molar-refractivity contribution is 7.17. The van der Waals surface area contributed by atoms with Crippen molar-refractivity contribution in [2.24, 2.45) is 0 Å². The molecule has 0 amide bonds. The molecule has 0 saturated carbocycles. The van der Waals surface area contributed by atoms with Gasteiger partial charge in [-0.05, 0) is 25.4 Å². The number of thiazole rings is 1. The van der Waals surface area contributed by atoms with E-state index in [0.29, 0.717) is 0 Å². The van der Waals surface area contributed by atoms with Gasteiger partial charge in [0.2, 0.25) is 10.2 Å². The fourth-order valence-electron chi connectivity index (χ4n) is 1.22. The van der Waals surface area contributed by atoms with Crippen LogP contribution >= 0.6 is 22.9 Å². The second kappa shape index (κ2) is 2.94. The Morgan fingerprint density at radius 2 is 2.31 bits per heavy atom. The third-order valence-electron chi connectivity index (χ3n) is 1.81. The van der Waals surface area contributed by atoms with Crippen LogP contribution in [-0.4, -0.2) is 19.7 Å². The maximum atomic E-state index is 9.40. The van der Waals surface area contributed by atoms with Gasteiger partial charge in [-0.25, -0.2) is 4.52 Å². The van der Waals surface area contributed by atoms with Crippen molar-refractivity contribution >= 4 is 27.9 Å². The third-order valence-corrected chi connectivity index (χ3v) is 3.27. The molecule has 2 aromatic rings. The van der Waals surface area contributed by atoms with Crippen molar-refractivity contribution in [3.8, 4) is 0 Å². The molecule has 0 saturated heterocycles. The zero-order valence-electron chi connectivity index (χ0n) is 7.15. The van der Waals surface area contributed by atoms with E-state index in [-0.39, 0.29) is 5.28 Å². The number of aliphatic hydroxyl groups is 1. The summed E-state index contributed by atoms with van der Waals surface area (Å²) in [6.45, 7) is 3.61. The maximum absolute atomic E-state index is 9.40. The largest absolute Gasteiger partial charge is 0.388 e. The van der Waals surface area contributed by atoms with Crippen molar-refractivity contribution < 1.29 is 5.11 Å². The minimum atomic E-state index is -0.479. The van der Waals surface area contributed by atoms with Gasteiger partial charge in [0, 0.05) is 0 Å². The van der Waals surface area contributed by atoms with Gasteiger partial charge in [-0.2, -0.15) is 4.98 Å². The molecule has 4 nitrogen and oxygen atoms in total. The second-order valence-electron chi connectivity index (χ2n) is 2.80. The van der Waals surface area contributed by atoms with E-state index < -0.39 is 6.10 Å². The highest BCUT2D eigenvalue weighted by atomic mass is 35.5. The summed E-state index contributed by atoms with van der Waals surface area (Å²) in [5, 5.41) is 13.6. The van der Waals surface area contributed by atoms with E-state index in [1.807, 2.05) is 6.92 Å². The molecular weight excluding hydrogens is 210 g/mol. The van der Waals surface area contributed by atoms with Crippen molar-refractivity contribution in [3.05, 3.63) is 15.9 Å². The normalized spacial score (nSPS) is 13.8. The van der Waals surface area contributed by atoms with E-state index in [1.165, 1.54) is 11.3 Å². The maximum Gasteiger partial charge on any atom is 0.244 e. The van der Waals surface area contributed by atoms with E-state index in [0.717, 1.165) is 15.5 Å². The number of aliphatic hydroxyl groups excluding tert-OH is 1. The van der Waals surface area contributed by atoms with E-state index >= 15 is 0 Å². The number of hydrogen-bond acceptors (Lipinski definition) is 4. The van der Waals surface area contributed by atoms with E-state index in [4.69, 9.17) is 11.6 Å². The van der Waals surface area contributed by atoms with Crippen LogP contribution < -0.4 is 0 Å². The Balaban J connectivity index is 2.69. The van der Waals surface area contributed by atoms with Crippen molar-refractivity contribution in [1.29, 1.82) is 0 Å². The number of aromatic nitrogens is 3. The van der Waals surface area contributed by atoms with Gasteiger partial charge >= 0.3 is 0 Å². The first-order valence-corrected chi connectivity index (χ1v) is 4.98. The first-order chi connectivity index (χ1) is 6.09. The summed E-state index contributed by atoms with van der Waals surface area (Å²) < 4.78 is 1.65. The molecule has 2 rings (SSSR count). The van der Waals surface area contributed by atoms with Crippen LogP contribution in [0.2, 0.25) is 5.28 Å². The summed E-state index contributed by atoms with van der Waals surface area (Å²) in [4.78, 5) is 5.60. The zero-order chi connectivity index (χ0) is 9.59. The van der Waals surface area contributed by atoms with Crippen molar-refractivity contribution in [1.82, 2.24) is 14.6 Å². The molecule has 1 atom stereocenters. The monoisotopic (exact) mass is 217 g/mol. The lowest BCUT2D eigenvalue weighted by Gasteiger charge is -1.99. The molecule has 0 radical (unpaired) electrons. The Labute approximate surface area is 83.8 Å². The van der Waals surface area contributed by atoms with Gasteiger partial charge < -0.3 is 5.11 Å². The number of halogens is 1. The Bertz CT molecular complexity index is 448. The van der Waals surface area contributed by atoms with Gasteiger partial charge in [-0.1, -0.05) is 11.3 Å². The minimum absolute atomic E-state index is 0.242. The molecule has 0 bridgehead atoms. The zero-order valence-corrected chi connectivity index (χ0v) is 8.72. The lowest BCUT2D eigenvalue weighted by atomic mass is 10.3. The van der Waals surface area contributed by atoms with Crippen LogP contribution in [0, 0.1) is 6.92 Å². The molecule has 2 aromatic heterocycles. The molecule has 0 aliphatic heterocycles. The summed E-state index contributed by atoms with van der Waals surface area (Å²) in [6.07, 6.45) is -0.479. The number of aryl methyl sites for hydroxylation is 1. The van der Waals surface area contributed by atoms with Gasteiger partial charge in [-0.15, -0.1) is 5.10 Å². The molecule has 1 unspecified atom stereocenters. The number of hydrogen-bond donors (Lipinski definition) is 1. The first kappa shape index (κ1) is 8.93. The van der Waals surface area contributed by atoms with Gasteiger partial charge in [0.25, 0.3) is 0 Å². The molecule has 0 spiro atoms. The average Bonchev–Trinajstić information content (AvgIpc) is 2.51. The molecule has 0 fully saturated rings. The number of nitrogens with zero attached hydrogens (tertiary/aromatic N) is 3. The standard InChI is InChI=1S/C7H8ClN3OS/c1-3-5(4(2)12)13-7-9-6(8)10-11(3)7/h4,12H,1-2H3. The van der Waals surface area contributed by atoms with Crippen molar-refractivity contribution in [2.75, 3.05) is 0 Å². The molecule has 0 aromatic carbocycles.